The Morgan fingerprint density at radius 2 is 1.93 bits per heavy atom. The van der Waals surface area contributed by atoms with Crippen molar-refractivity contribution in [1.29, 1.82) is 0 Å². The smallest absolute Gasteiger partial charge is 0.195 e. The average Bonchev–Trinajstić information content (AvgIpc) is 2.52. The monoisotopic (exact) mass is 206 g/mol. The van der Waals surface area contributed by atoms with E-state index in [-0.39, 0.29) is 6.61 Å². The molecule has 2 rings (SSSR count). The van der Waals surface area contributed by atoms with Crippen LogP contribution in [-0.2, 0) is 9.47 Å². The molecule has 2 aliphatic rings. The summed E-state index contributed by atoms with van der Waals surface area (Å²) >= 11 is 0. The van der Waals surface area contributed by atoms with Gasteiger partial charge in [-0.1, -0.05) is 0 Å². The molecule has 2 saturated heterocycles. The molecule has 5 atom stereocenters. The number of hydrogen-bond acceptors (Lipinski definition) is 6. The summed E-state index contributed by atoms with van der Waals surface area (Å²) in [6.45, 7) is 0.951. The molecule has 0 amide bonds. The first-order valence-electron chi connectivity index (χ1n) is 4.44. The molecular weight excluding hydrogens is 192 g/mol. The molecule has 2 aliphatic heterocycles. The van der Waals surface area contributed by atoms with E-state index in [4.69, 9.17) is 14.6 Å². The second-order valence-electron chi connectivity index (χ2n) is 4.01. The van der Waals surface area contributed by atoms with Gasteiger partial charge in [0, 0.05) is 0 Å². The summed E-state index contributed by atoms with van der Waals surface area (Å²) in [6.07, 6.45) is -4.04. The summed E-state index contributed by atoms with van der Waals surface area (Å²) in [5, 5.41) is 37.8. The van der Waals surface area contributed by atoms with Crippen LogP contribution in [0.1, 0.15) is 6.92 Å². The molecule has 0 aliphatic carbocycles. The zero-order valence-corrected chi connectivity index (χ0v) is 7.75. The van der Waals surface area contributed by atoms with E-state index in [0.717, 1.165) is 0 Å². The minimum atomic E-state index is -1.37. The van der Waals surface area contributed by atoms with Crippen LogP contribution in [0.5, 0.6) is 0 Å². The van der Waals surface area contributed by atoms with Crippen molar-refractivity contribution in [3.05, 3.63) is 0 Å². The molecule has 2 fully saturated rings. The number of rotatable bonds is 1. The predicted molar refractivity (Wildman–Crippen MR) is 43.3 cm³/mol. The van der Waals surface area contributed by atoms with Crippen molar-refractivity contribution in [2.75, 3.05) is 13.2 Å². The van der Waals surface area contributed by atoms with Crippen LogP contribution in [0.25, 0.3) is 0 Å². The Morgan fingerprint density at radius 3 is 2.50 bits per heavy atom. The van der Waals surface area contributed by atoms with Gasteiger partial charge < -0.3 is 29.9 Å². The molecule has 0 aromatic heterocycles. The van der Waals surface area contributed by atoms with Crippen LogP contribution in [-0.4, -0.2) is 63.3 Å². The fourth-order valence-corrected chi connectivity index (χ4v) is 1.98. The standard InChI is InChI=1S/C8H14O6/c1-7-5(11)4(10)6(12)8(2-9,14-7)3-13-7/h4-6,9-12H,2-3H2,1H3/t4-,5-,6+,7+,8+/m1/s1. The van der Waals surface area contributed by atoms with Crippen molar-refractivity contribution in [3.63, 3.8) is 0 Å². The minimum absolute atomic E-state index is 0.0463. The molecule has 14 heavy (non-hydrogen) atoms. The predicted octanol–water partition coefficient (Wildman–Crippen LogP) is -2.42. The molecule has 0 unspecified atom stereocenters. The van der Waals surface area contributed by atoms with Crippen LogP contribution < -0.4 is 0 Å². The molecular formula is C8H14O6. The van der Waals surface area contributed by atoms with Crippen molar-refractivity contribution < 1.29 is 29.9 Å². The van der Waals surface area contributed by atoms with Gasteiger partial charge in [0.2, 0.25) is 0 Å². The lowest BCUT2D eigenvalue weighted by atomic mass is 9.87. The van der Waals surface area contributed by atoms with Gasteiger partial charge in [-0.2, -0.15) is 0 Å². The number of fused-ring (bicyclic) bond motifs is 2. The molecule has 0 aromatic carbocycles. The van der Waals surface area contributed by atoms with E-state index in [1.807, 2.05) is 0 Å². The van der Waals surface area contributed by atoms with Gasteiger partial charge in [-0.25, -0.2) is 0 Å². The van der Waals surface area contributed by atoms with Crippen LogP contribution in [0.15, 0.2) is 0 Å². The van der Waals surface area contributed by atoms with Gasteiger partial charge in [0.25, 0.3) is 0 Å². The van der Waals surface area contributed by atoms with Gasteiger partial charge in [0.1, 0.15) is 23.9 Å². The van der Waals surface area contributed by atoms with Crippen LogP contribution in [0.2, 0.25) is 0 Å². The molecule has 6 nitrogen and oxygen atoms in total. The third kappa shape index (κ3) is 1.06. The normalized spacial score (nSPS) is 57.6. The molecule has 0 radical (unpaired) electrons. The third-order valence-corrected chi connectivity index (χ3v) is 3.00. The fraction of sp³-hybridized carbons (Fsp3) is 1.00. The summed E-state index contributed by atoms with van der Waals surface area (Å²) in [4.78, 5) is 0. The third-order valence-electron chi connectivity index (χ3n) is 3.00. The van der Waals surface area contributed by atoms with Gasteiger partial charge in [-0.3, -0.25) is 0 Å². The van der Waals surface area contributed by atoms with Crippen molar-refractivity contribution in [2.45, 2.75) is 36.6 Å². The van der Waals surface area contributed by atoms with Crippen molar-refractivity contribution >= 4 is 0 Å². The average molecular weight is 206 g/mol. The highest BCUT2D eigenvalue weighted by Gasteiger charge is 2.64. The Bertz CT molecular complexity index is 246. The molecule has 0 spiro atoms. The highest BCUT2D eigenvalue weighted by molar-refractivity contribution is 5.07. The first kappa shape index (κ1) is 10.3. The van der Waals surface area contributed by atoms with E-state index < -0.39 is 36.3 Å². The number of ether oxygens (including phenoxy) is 2. The summed E-state index contributed by atoms with van der Waals surface area (Å²) in [7, 11) is 0. The van der Waals surface area contributed by atoms with Crippen molar-refractivity contribution in [2.24, 2.45) is 0 Å². The Morgan fingerprint density at radius 1 is 1.29 bits per heavy atom. The van der Waals surface area contributed by atoms with E-state index in [1.165, 1.54) is 6.92 Å². The largest absolute Gasteiger partial charge is 0.393 e. The molecule has 2 heterocycles. The van der Waals surface area contributed by atoms with E-state index in [2.05, 4.69) is 0 Å². The summed E-state index contributed by atoms with van der Waals surface area (Å²) in [5.74, 6) is -1.35. The molecule has 0 saturated carbocycles. The molecule has 4 N–H and O–H groups in total. The number of aliphatic hydroxyl groups excluding tert-OH is 4. The molecule has 0 aromatic rings. The Kier molecular flexibility index (Phi) is 2.11. The maximum atomic E-state index is 9.62. The molecule has 82 valence electrons. The molecule has 6 heteroatoms. The fourth-order valence-electron chi connectivity index (χ4n) is 1.98. The maximum absolute atomic E-state index is 9.62. The van der Waals surface area contributed by atoms with E-state index in [0.29, 0.717) is 0 Å². The lowest BCUT2D eigenvalue weighted by Gasteiger charge is -2.44. The van der Waals surface area contributed by atoms with E-state index in [1.54, 1.807) is 0 Å². The van der Waals surface area contributed by atoms with Gasteiger partial charge >= 0.3 is 0 Å². The summed E-state index contributed by atoms with van der Waals surface area (Å²) in [6, 6.07) is 0. The van der Waals surface area contributed by atoms with Crippen molar-refractivity contribution in [1.82, 2.24) is 0 Å². The Labute approximate surface area is 80.7 Å². The zero-order valence-electron chi connectivity index (χ0n) is 7.75. The van der Waals surface area contributed by atoms with E-state index >= 15 is 0 Å². The quantitative estimate of drug-likeness (QED) is 0.381. The summed E-state index contributed by atoms with van der Waals surface area (Å²) in [5.41, 5.74) is -1.31. The number of hydrogen-bond donors (Lipinski definition) is 4. The highest BCUT2D eigenvalue weighted by Crippen LogP contribution is 2.43. The van der Waals surface area contributed by atoms with Gasteiger partial charge in [-0.05, 0) is 6.92 Å². The summed E-state index contributed by atoms with van der Waals surface area (Å²) < 4.78 is 10.4. The topological polar surface area (TPSA) is 99.4 Å². The minimum Gasteiger partial charge on any atom is -0.393 e. The van der Waals surface area contributed by atoms with Crippen LogP contribution >= 0.6 is 0 Å². The second-order valence-corrected chi connectivity index (χ2v) is 4.01. The molecule has 2 bridgehead atoms. The van der Waals surface area contributed by atoms with E-state index in [9.17, 15) is 15.3 Å². The second kappa shape index (κ2) is 2.88. The van der Waals surface area contributed by atoms with Crippen molar-refractivity contribution in [3.8, 4) is 0 Å². The number of aliphatic hydroxyl groups is 4. The lowest BCUT2D eigenvalue weighted by Crippen LogP contribution is -2.65. The highest BCUT2D eigenvalue weighted by atomic mass is 16.8. The SMILES string of the molecule is C[C@]12OC[C@](CO)(O1)[C@@H](O)[C@H](O)[C@H]2O. The van der Waals surface area contributed by atoms with Gasteiger partial charge in [0.15, 0.2) is 5.79 Å². The lowest BCUT2D eigenvalue weighted by molar-refractivity contribution is -0.314. The van der Waals surface area contributed by atoms with Gasteiger partial charge in [0.05, 0.1) is 13.2 Å². The first-order valence-corrected chi connectivity index (χ1v) is 4.44. The Balaban J connectivity index is 2.34. The first-order chi connectivity index (χ1) is 6.45. The maximum Gasteiger partial charge on any atom is 0.195 e. The van der Waals surface area contributed by atoms with Crippen LogP contribution in [0.4, 0.5) is 0 Å². The van der Waals surface area contributed by atoms with Crippen LogP contribution in [0, 0.1) is 0 Å². The zero-order chi connectivity index (χ0) is 10.6. The van der Waals surface area contributed by atoms with Crippen LogP contribution in [0.3, 0.4) is 0 Å². The van der Waals surface area contributed by atoms with Gasteiger partial charge in [-0.15, -0.1) is 0 Å². The Hall–Kier alpha value is -0.240.